The first-order chi connectivity index (χ1) is 12.9. The van der Waals surface area contributed by atoms with Gasteiger partial charge in [0.1, 0.15) is 5.75 Å². The lowest BCUT2D eigenvalue weighted by Gasteiger charge is -2.19. The molecule has 0 bridgehead atoms. The molecule has 4 nitrogen and oxygen atoms in total. The van der Waals surface area contributed by atoms with E-state index in [9.17, 15) is 18.0 Å². The lowest BCUT2D eigenvalue weighted by Crippen LogP contribution is -2.31. The maximum atomic E-state index is 12.6. The molecular formula is C20H21F3N2O2. The molecule has 1 heterocycles. The summed E-state index contributed by atoms with van der Waals surface area (Å²) >= 11 is 0. The highest BCUT2D eigenvalue weighted by atomic mass is 19.4. The van der Waals surface area contributed by atoms with Crippen LogP contribution in [0.3, 0.4) is 0 Å². The minimum absolute atomic E-state index is 0.230. The second-order valence-corrected chi connectivity index (χ2v) is 6.58. The largest absolute Gasteiger partial charge is 0.497 e. The third-order valence-electron chi connectivity index (χ3n) is 4.75. The molecule has 144 valence electrons. The molecule has 0 aliphatic carbocycles. The molecule has 7 heteroatoms. The fraction of sp³-hybridized carbons (Fsp3) is 0.350. The van der Waals surface area contributed by atoms with Gasteiger partial charge in [-0.05, 0) is 60.9 Å². The van der Waals surface area contributed by atoms with Crippen LogP contribution in [0.2, 0.25) is 0 Å². The summed E-state index contributed by atoms with van der Waals surface area (Å²) in [6, 6.07) is 12.1. The zero-order valence-electron chi connectivity index (χ0n) is 14.9. The van der Waals surface area contributed by atoms with Gasteiger partial charge in [-0.1, -0.05) is 0 Å². The van der Waals surface area contributed by atoms with Crippen LogP contribution in [0.25, 0.3) is 0 Å². The van der Waals surface area contributed by atoms with Crippen molar-refractivity contribution in [2.45, 2.75) is 12.6 Å². The number of hydrogen-bond acceptors (Lipinski definition) is 3. The molecule has 1 N–H and O–H groups in total. The van der Waals surface area contributed by atoms with Crippen LogP contribution >= 0.6 is 0 Å². The maximum Gasteiger partial charge on any atom is 0.416 e. The first kappa shape index (κ1) is 19.1. The van der Waals surface area contributed by atoms with E-state index in [4.69, 9.17) is 4.74 Å². The summed E-state index contributed by atoms with van der Waals surface area (Å²) in [6.45, 7) is 2.21. The van der Waals surface area contributed by atoms with Crippen LogP contribution < -0.4 is 15.0 Å². The second-order valence-electron chi connectivity index (χ2n) is 6.58. The molecule has 0 spiro atoms. The molecule has 1 fully saturated rings. The summed E-state index contributed by atoms with van der Waals surface area (Å²) in [5.41, 5.74) is 0.574. The standard InChI is InChI=1S/C20H21F3N2O2/c1-27-18-8-6-17(7-9-18)25-11-10-14(13-25)12-24-19(26)15-2-4-16(5-3-15)20(21,22)23/h2-9,14H,10-13H2,1H3,(H,24,26). The molecule has 27 heavy (non-hydrogen) atoms. The summed E-state index contributed by atoms with van der Waals surface area (Å²) in [5, 5.41) is 2.82. The molecule has 1 unspecified atom stereocenters. The number of carbonyl (C=O) groups is 1. The molecule has 2 aromatic rings. The van der Waals surface area contributed by atoms with Crippen LogP contribution in [0.4, 0.5) is 18.9 Å². The normalized spacial score (nSPS) is 17.0. The van der Waals surface area contributed by atoms with E-state index in [0.717, 1.165) is 43.1 Å². The van der Waals surface area contributed by atoms with Gasteiger partial charge in [0.25, 0.3) is 5.91 Å². The van der Waals surface area contributed by atoms with E-state index in [1.165, 1.54) is 12.1 Å². The van der Waals surface area contributed by atoms with Crippen LogP contribution in [0.1, 0.15) is 22.3 Å². The van der Waals surface area contributed by atoms with E-state index in [0.29, 0.717) is 12.5 Å². The Kier molecular flexibility index (Phi) is 5.58. The average Bonchev–Trinajstić information content (AvgIpc) is 3.14. The van der Waals surface area contributed by atoms with Gasteiger partial charge in [-0.25, -0.2) is 0 Å². The summed E-state index contributed by atoms with van der Waals surface area (Å²) in [5.74, 6) is 0.746. The Balaban J connectivity index is 1.51. The monoisotopic (exact) mass is 378 g/mol. The zero-order valence-corrected chi connectivity index (χ0v) is 14.9. The molecule has 1 amide bonds. The van der Waals surface area contributed by atoms with E-state index in [1.807, 2.05) is 24.3 Å². The summed E-state index contributed by atoms with van der Waals surface area (Å²) in [4.78, 5) is 14.4. The number of rotatable bonds is 5. The van der Waals surface area contributed by atoms with Gasteiger partial charge < -0.3 is 15.0 Å². The highest BCUT2D eigenvalue weighted by Gasteiger charge is 2.30. The molecule has 1 aliphatic rings. The number of ether oxygens (including phenoxy) is 1. The second kappa shape index (κ2) is 7.90. The lowest BCUT2D eigenvalue weighted by molar-refractivity contribution is -0.137. The molecule has 2 aromatic carbocycles. The Morgan fingerprint density at radius 1 is 1.15 bits per heavy atom. The highest BCUT2D eigenvalue weighted by Crippen LogP contribution is 2.29. The van der Waals surface area contributed by atoms with Crippen molar-refractivity contribution in [3.8, 4) is 5.75 Å². The lowest BCUT2D eigenvalue weighted by atomic mass is 10.1. The number of carbonyl (C=O) groups excluding carboxylic acids is 1. The van der Waals surface area contributed by atoms with Gasteiger partial charge >= 0.3 is 6.18 Å². The number of hydrogen-bond donors (Lipinski definition) is 1. The fourth-order valence-electron chi connectivity index (χ4n) is 3.18. The smallest absolute Gasteiger partial charge is 0.416 e. The number of halogens is 3. The number of amides is 1. The average molecular weight is 378 g/mol. The molecule has 1 saturated heterocycles. The van der Waals surface area contributed by atoms with E-state index in [-0.39, 0.29) is 11.5 Å². The van der Waals surface area contributed by atoms with Crippen molar-refractivity contribution in [1.29, 1.82) is 0 Å². The highest BCUT2D eigenvalue weighted by molar-refractivity contribution is 5.94. The van der Waals surface area contributed by atoms with Crippen molar-refractivity contribution >= 4 is 11.6 Å². The van der Waals surface area contributed by atoms with E-state index in [2.05, 4.69) is 10.2 Å². The van der Waals surface area contributed by atoms with Crippen LogP contribution in [-0.2, 0) is 6.18 Å². The van der Waals surface area contributed by atoms with Crippen LogP contribution in [-0.4, -0.2) is 32.7 Å². The van der Waals surface area contributed by atoms with E-state index < -0.39 is 11.7 Å². The summed E-state index contributed by atoms with van der Waals surface area (Å²) in [7, 11) is 1.63. The van der Waals surface area contributed by atoms with Crippen molar-refractivity contribution in [3.63, 3.8) is 0 Å². The minimum atomic E-state index is -4.40. The van der Waals surface area contributed by atoms with Crippen molar-refractivity contribution in [3.05, 3.63) is 59.7 Å². The Bertz CT molecular complexity index is 773. The van der Waals surface area contributed by atoms with Crippen molar-refractivity contribution in [2.24, 2.45) is 5.92 Å². The third kappa shape index (κ3) is 4.72. The van der Waals surface area contributed by atoms with Gasteiger partial charge in [-0.3, -0.25) is 4.79 Å². The molecule has 1 aliphatic heterocycles. The van der Waals surface area contributed by atoms with E-state index >= 15 is 0 Å². The van der Waals surface area contributed by atoms with Gasteiger partial charge in [-0.2, -0.15) is 13.2 Å². The zero-order chi connectivity index (χ0) is 19.4. The van der Waals surface area contributed by atoms with Crippen LogP contribution in [0.5, 0.6) is 5.75 Å². The number of methoxy groups -OCH3 is 1. The Labute approximate surface area is 155 Å². The molecular weight excluding hydrogens is 357 g/mol. The third-order valence-corrected chi connectivity index (χ3v) is 4.75. The van der Waals surface area contributed by atoms with Gasteiger partial charge in [0.05, 0.1) is 12.7 Å². The number of anilines is 1. The molecule has 0 aromatic heterocycles. The Morgan fingerprint density at radius 3 is 2.41 bits per heavy atom. The number of benzene rings is 2. The van der Waals surface area contributed by atoms with Gasteiger partial charge in [0.15, 0.2) is 0 Å². The van der Waals surface area contributed by atoms with Gasteiger partial charge in [0, 0.05) is 30.9 Å². The molecule has 1 atom stereocenters. The SMILES string of the molecule is COc1ccc(N2CCC(CNC(=O)c3ccc(C(F)(F)F)cc3)C2)cc1. The van der Waals surface area contributed by atoms with Crippen molar-refractivity contribution in [2.75, 3.05) is 31.6 Å². The van der Waals surface area contributed by atoms with Gasteiger partial charge in [0.2, 0.25) is 0 Å². The quantitative estimate of drug-likeness (QED) is 0.856. The van der Waals surface area contributed by atoms with Crippen molar-refractivity contribution < 1.29 is 22.7 Å². The first-order valence-corrected chi connectivity index (χ1v) is 8.71. The predicted octanol–water partition coefficient (Wildman–Crippen LogP) is 3.97. The van der Waals surface area contributed by atoms with Gasteiger partial charge in [-0.15, -0.1) is 0 Å². The van der Waals surface area contributed by atoms with Crippen molar-refractivity contribution in [1.82, 2.24) is 5.32 Å². The number of nitrogens with zero attached hydrogens (tertiary/aromatic N) is 1. The maximum absolute atomic E-state index is 12.6. The van der Waals surface area contributed by atoms with E-state index in [1.54, 1.807) is 7.11 Å². The fourth-order valence-corrected chi connectivity index (χ4v) is 3.18. The molecule has 0 saturated carbocycles. The minimum Gasteiger partial charge on any atom is -0.497 e. The molecule has 0 radical (unpaired) electrons. The van der Waals surface area contributed by atoms with Crippen LogP contribution in [0.15, 0.2) is 48.5 Å². The number of nitrogens with one attached hydrogen (secondary N) is 1. The number of alkyl halides is 3. The Hall–Kier alpha value is -2.70. The molecule has 3 rings (SSSR count). The Morgan fingerprint density at radius 2 is 1.81 bits per heavy atom. The predicted molar refractivity (Wildman–Crippen MR) is 97.1 cm³/mol. The van der Waals surface area contributed by atoms with Crippen LogP contribution in [0, 0.1) is 5.92 Å². The topological polar surface area (TPSA) is 41.6 Å². The first-order valence-electron chi connectivity index (χ1n) is 8.71. The summed E-state index contributed by atoms with van der Waals surface area (Å²) < 4.78 is 42.9. The summed E-state index contributed by atoms with van der Waals surface area (Å²) in [6.07, 6.45) is -3.46.